The number of hydrogen-bond donors (Lipinski definition) is 2. The Balaban J connectivity index is 4.33. The molecule has 0 aromatic heterocycles. The van der Waals surface area contributed by atoms with Gasteiger partial charge in [0.25, 0.3) is 0 Å². The molecule has 0 heterocycles. The fraction of sp³-hybridized carbons (Fsp3) is 0.250. The second-order valence-corrected chi connectivity index (χ2v) is 2.03. The molecule has 2 nitrogen and oxygen atoms in total. The molecule has 0 saturated heterocycles. The van der Waals surface area contributed by atoms with Gasteiger partial charge in [0.15, 0.2) is 0 Å². The van der Waals surface area contributed by atoms with Crippen molar-refractivity contribution in [1.82, 2.24) is 0 Å². The predicted octanol–water partition coefficient (Wildman–Crippen LogP) is 2.18. The van der Waals surface area contributed by atoms with Crippen molar-refractivity contribution in [3.05, 3.63) is 23.3 Å². The molecular formula is C8H12N2. The lowest BCUT2D eigenvalue weighted by atomic mass is 10.1. The minimum Gasteiger partial charge on any atom is -0.309 e. The largest absolute Gasteiger partial charge is 0.309 e. The Morgan fingerprint density at radius 2 is 1.20 bits per heavy atom. The van der Waals surface area contributed by atoms with E-state index in [0.29, 0.717) is 0 Å². The Morgan fingerprint density at radius 1 is 0.900 bits per heavy atom. The van der Waals surface area contributed by atoms with Gasteiger partial charge in [0.1, 0.15) is 0 Å². The Hall–Kier alpha value is -1.18. The summed E-state index contributed by atoms with van der Waals surface area (Å²) in [5, 5.41) is 13.5. The first kappa shape index (κ1) is 8.82. The number of nitrogens with one attached hydrogen (secondary N) is 2. The van der Waals surface area contributed by atoms with Gasteiger partial charge in [-0.1, -0.05) is 0 Å². The highest BCUT2D eigenvalue weighted by atomic mass is 14.3. The maximum atomic E-state index is 6.77. The monoisotopic (exact) mass is 136 g/mol. The van der Waals surface area contributed by atoms with Gasteiger partial charge in [-0.2, -0.15) is 0 Å². The lowest BCUT2D eigenvalue weighted by Gasteiger charge is -1.95. The van der Waals surface area contributed by atoms with Crippen LogP contribution in [0.5, 0.6) is 0 Å². The third kappa shape index (κ3) is 2.97. The zero-order chi connectivity index (χ0) is 7.98. The average molecular weight is 136 g/mol. The van der Waals surface area contributed by atoms with Crippen molar-refractivity contribution in [2.75, 3.05) is 0 Å². The molecule has 54 valence electrons. The average Bonchev–Trinajstić information content (AvgIpc) is 1.89. The molecule has 0 atom stereocenters. The maximum absolute atomic E-state index is 6.77. The van der Waals surface area contributed by atoms with E-state index in [1.54, 1.807) is 12.2 Å². The van der Waals surface area contributed by atoms with Crippen molar-refractivity contribution in [1.29, 1.82) is 10.8 Å². The molecular weight excluding hydrogens is 124 g/mol. The second-order valence-electron chi connectivity index (χ2n) is 2.03. The van der Waals surface area contributed by atoms with Crippen molar-refractivity contribution in [2.45, 2.75) is 13.8 Å². The third-order valence-electron chi connectivity index (χ3n) is 1.29. The maximum Gasteiger partial charge on any atom is 0.0180 e. The summed E-state index contributed by atoms with van der Waals surface area (Å²) >= 11 is 0. The molecule has 0 radical (unpaired) electrons. The van der Waals surface area contributed by atoms with E-state index in [2.05, 4.69) is 0 Å². The van der Waals surface area contributed by atoms with Crippen molar-refractivity contribution < 1.29 is 0 Å². The summed E-state index contributed by atoms with van der Waals surface area (Å²) in [6.45, 7) is 3.83. The first-order chi connectivity index (χ1) is 4.72. The minimum absolute atomic E-state index is 1.03. The molecule has 0 fully saturated rings. The van der Waals surface area contributed by atoms with Gasteiger partial charge in [0, 0.05) is 12.4 Å². The fourth-order valence-electron chi connectivity index (χ4n) is 0.513. The van der Waals surface area contributed by atoms with Gasteiger partial charge in [-0.25, -0.2) is 0 Å². The first-order valence-corrected chi connectivity index (χ1v) is 3.07. The Morgan fingerprint density at radius 3 is 1.40 bits per heavy atom. The first-order valence-electron chi connectivity index (χ1n) is 3.07. The van der Waals surface area contributed by atoms with Crippen LogP contribution in [0.2, 0.25) is 0 Å². The summed E-state index contributed by atoms with van der Waals surface area (Å²) in [4.78, 5) is 0. The molecule has 0 aliphatic rings. The molecule has 2 heteroatoms. The quantitative estimate of drug-likeness (QED) is 0.441. The van der Waals surface area contributed by atoms with E-state index in [9.17, 15) is 0 Å². The molecule has 0 spiro atoms. The standard InChI is InChI=1S/C8H12N2/c1-7(3-5-9)8(2)4-6-10/h3-6,9-10H,1-2H3/b7-3+,8-4+,9-5?,10-6?. The lowest BCUT2D eigenvalue weighted by molar-refractivity contribution is 1.36. The minimum atomic E-state index is 1.03. The summed E-state index contributed by atoms with van der Waals surface area (Å²) in [6, 6.07) is 0. The molecule has 0 aliphatic carbocycles. The van der Waals surface area contributed by atoms with Crippen LogP contribution in [0.25, 0.3) is 0 Å². The highest BCUT2D eigenvalue weighted by Crippen LogP contribution is 2.04. The van der Waals surface area contributed by atoms with E-state index in [0.717, 1.165) is 11.1 Å². The van der Waals surface area contributed by atoms with Crippen LogP contribution in [-0.4, -0.2) is 12.4 Å². The van der Waals surface area contributed by atoms with Crippen molar-refractivity contribution in [3.8, 4) is 0 Å². The normalized spacial score (nSPS) is 13.0. The number of rotatable bonds is 3. The van der Waals surface area contributed by atoms with E-state index in [4.69, 9.17) is 10.8 Å². The molecule has 0 aliphatic heterocycles. The van der Waals surface area contributed by atoms with Crippen LogP contribution in [-0.2, 0) is 0 Å². The van der Waals surface area contributed by atoms with Gasteiger partial charge >= 0.3 is 0 Å². The molecule has 2 N–H and O–H groups in total. The molecule has 0 unspecified atom stereocenters. The zero-order valence-corrected chi connectivity index (χ0v) is 6.31. The van der Waals surface area contributed by atoms with Gasteiger partial charge in [0.2, 0.25) is 0 Å². The Kier molecular flexibility index (Phi) is 4.12. The summed E-state index contributed by atoms with van der Waals surface area (Å²) in [5.74, 6) is 0. The van der Waals surface area contributed by atoms with Gasteiger partial charge in [0.05, 0.1) is 0 Å². The molecule has 10 heavy (non-hydrogen) atoms. The molecule has 0 saturated carbocycles. The summed E-state index contributed by atoms with van der Waals surface area (Å²) in [6.07, 6.45) is 5.90. The van der Waals surface area contributed by atoms with Gasteiger partial charge < -0.3 is 10.8 Å². The fourth-order valence-corrected chi connectivity index (χ4v) is 0.513. The number of allylic oxidation sites excluding steroid dienone is 4. The summed E-state index contributed by atoms with van der Waals surface area (Å²) < 4.78 is 0. The molecule has 0 aromatic carbocycles. The summed E-state index contributed by atoms with van der Waals surface area (Å²) in [5.41, 5.74) is 2.05. The third-order valence-corrected chi connectivity index (χ3v) is 1.29. The van der Waals surface area contributed by atoms with Crippen LogP contribution >= 0.6 is 0 Å². The zero-order valence-electron chi connectivity index (χ0n) is 6.31. The van der Waals surface area contributed by atoms with E-state index < -0.39 is 0 Å². The van der Waals surface area contributed by atoms with Crippen molar-refractivity contribution in [3.63, 3.8) is 0 Å². The highest BCUT2D eigenvalue weighted by molar-refractivity contribution is 5.74. The van der Waals surface area contributed by atoms with Crippen LogP contribution < -0.4 is 0 Å². The topological polar surface area (TPSA) is 47.7 Å². The van der Waals surface area contributed by atoms with Gasteiger partial charge in [-0.3, -0.25) is 0 Å². The van der Waals surface area contributed by atoms with Crippen LogP contribution in [0.4, 0.5) is 0 Å². The van der Waals surface area contributed by atoms with Gasteiger partial charge in [-0.15, -0.1) is 0 Å². The molecule has 0 aromatic rings. The van der Waals surface area contributed by atoms with E-state index in [1.807, 2.05) is 13.8 Å². The lowest BCUT2D eigenvalue weighted by Crippen LogP contribution is -1.79. The Bertz CT molecular complexity index is 165. The second kappa shape index (κ2) is 4.68. The Labute approximate surface area is 61.3 Å². The predicted molar refractivity (Wildman–Crippen MR) is 45.1 cm³/mol. The number of hydrogen-bond acceptors (Lipinski definition) is 2. The van der Waals surface area contributed by atoms with Crippen molar-refractivity contribution >= 4 is 12.4 Å². The van der Waals surface area contributed by atoms with E-state index >= 15 is 0 Å². The van der Waals surface area contributed by atoms with Crippen LogP contribution in [0.3, 0.4) is 0 Å². The molecule has 0 rings (SSSR count). The van der Waals surface area contributed by atoms with E-state index in [-0.39, 0.29) is 0 Å². The summed E-state index contributed by atoms with van der Waals surface area (Å²) in [7, 11) is 0. The SMILES string of the molecule is CC(=C\C=N)/C(C)=C/C=N. The van der Waals surface area contributed by atoms with Crippen LogP contribution in [0, 0.1) is 10.8 Å². The van der Waals surface area contributed by atoms with Crippen LogP contribution in [0.15, 0.2) is 23.3 Å². The molecule has 0 amide bonds. The van der Waals surface area contributed by atoms with Crippen LogP contribution in [0.1, 0.15) is 13.8 Å². The van der Waals surface area contributed by atoms with Gasteiger partial charge in [-0.05, 0) is 37.1 Å². The smallest absolute Gasteiger partial charge is 0.0180 e. The highest BCUT2D eigenvalue weighted by Gasteiger charge is 1.87. The van der Waals surface area contributed by atoms with Crippen molar-refractivity contribution in [2.24, 2.45) is 0 Å². The van der Waals surface area contributed by atoms with E-state index in [1.165, 1.54) is 12.4 Å². The molecule has 0 bridgehead atoms.